The summed E-state index contributed by atoms with van der Waals surface area (Å²) in [5.74, 6) is 0.471. The largest absolute Gasteiger partial charge is 0.462 e. The topological polar surface area (TPSA) is 97.3 Å². The van der Waals surface area contributed by atoms with Crippen LogP contribution in [0.15, 0.2) is 29.8 Å². The van der Waals surface area contributed by atoms with Crippen LogP contribution < -0.4 is 10.2 Å². The van der Waals surface area contributed by atoms with Crippen molar-refractivity contribution in [1.29, 1.82) is 0 Å². The van der Waals surface area contributed by atoms with Crippen molar-refractivity contribution >= 4 is 39.9 Å². The molecule has 160 valence electrons. The second-order valence-electron chi connectivity index (χ2n) is 7.78. The van der Waals surface area contributed by atoms with Crippen molar-refractivity contribution in [2.45, 2.75) is 33.1 Å². The molecule has 0 unspecified atom stereocenters. The van der Waals surface area contributed by atoms with Crippen LogP contribution >= 0.6 is 11.3 Å². The number of amides is 1. The van der Waals surface area contributed by atoms with Crippen molar-refractivity contribution in [3.8, 4) is 11.3 Å². The van der Waals surface area contributed by atoms with Gasteiger partial charge in [-0.15, -0.1) is 11.3 Å². The molecule has 0 aliphatic carbocycles. The molecule has 1 aliphatic rings. The Morgan fingerprint density at radius 3 is 2.81 bits per heavy atom. The summed E-state index contributed by atoms with van der Waals surface area (Å²) in [7, 11) is 1.80. The van der Waals surface area contributed by atoms with Crippen molar-refractivity contribution in [2.75, 3.05) is 23.9 Å². The minimum atomic E-state index is -0.579. The average Bonchev–Trinajstić information content (AvgIpc) is 3.26. The maximum atomic E-state index is 12.6. The van der Waals surface area contributed by atoms with Crippen molar-refractivity contribution in [3.63, 3.8) is 0 Å². The minimum Gasteiger partial charge on any atom is -0.462 e. The predicted molar refractivity (Wildman–Crippen MR) is 120 cm³/mol. The van der Waals surface area contributed by atoms with Crippen LogP contribution in [-0.4, -0.2) is 40.5 Å². The zero-order chi connectivity index (χ0) is 22.3. The highest BCUT2D eigenvalue weighted by Gasteiger charge is 2.42. The van der Waals surface area contributed by atoms with Crippen LogP contribution in [0.2, 0.25) is 0 Å². The Morgan fingerprint density at radius 2 is 2.06 bits per heavy atom. The third-order valence-electron chi connectivity index (χ3n) is 5.30. The number of aromatic nitrogens is 3. The average molecular weight is 438 g/mol. The van der Waals surface area contributed by atoms with Crippen molar-refractivity contribution in [2.24, 2.45) is 0 Å². The Bertz CT molecular complexity index is 1190. The molecule has 2 aromatic heterocycles. The molecule has 3 heterocycles. The van der Waals surface area contributed by atoms with Gasteiger partial charge in [0.1, 0.15) is 11.4 Å². The lowest BCUT2D eigenvalue weighted by atomic mass is 9.85. The van der Waals surface area contributed by atoms with E-state index in [4.69, 9.17) is 4.74 Å². The number of thiazole rings is 1. The summed E-state index contributed by atoms with van der Waals surface area (Å²) in [6, 6.07) is 5.94. The Morgan fingerprint density at radius 1 is 1.29 bits per heavy atom. The fraction of sp³-hybridized carbons (Fsp3) is 0.318. The fourth-order valence-electron chi connectivity index (χ4n) is 3.62. The van der Waals surface area contributed by atoms with Gasteiger partial charge >= 0.3 is 5.97 Å². The molecule has 0 radical (unpaired) electrons. The molecule has 0 atom stereocenters. The molecule has 1 aromatic carbocycles. The van der Waals surface area contributed by atoms with Crippen LogP contribution in [0, 0.1) is 6.92 Å². The first-order valence-electron chi connectivity index (χ1n) is 9.88. The number of ether oxygens (including phenoxy) is 1. The standard InChI is InChI=1S/C22H23N5O3S/c1-6-30-19(28)14-10-23-12(2)24-18(14)26-21-25-16(11-31-21)13-7-8-17-15(9-13)22(3,4)20(29)27(17)5/h7-11H,6H2,1-5H3,(H,23,24,25,26). The normalized spacial score (nSPS) is 14.5. The SMILES string of the molecule is CCOC(=O)c1cnc(C)nc1Nc1nc(-c2ccc3c(c2)C(C)(C)C(=O)N3C)cs1. The van der Waals surface area contributed by atoms with E-state index in [2.05, 4.69) is 20.3 Å². The molecule has 0 bridgehead atoms. The first-order valence-corrected chi connectivity index (χ1v) is 10.8. The second-order valence-corrected chi connectivity index (χ2v) is 8.64. The van der Waals surface area contributed by atoms with E-state index in [0.29, 0.717) is 16.8 Å². The van der Waals surface area contributed by atoms with Gasteiger partial charge in [0.2, 0.25) is 5.91 Å². The summed E-state index contributed by atoms with van der Waals surface area (Å²) >= 11 is 1.40. The molecular formula is C22H23N5O3S. The van der Waals surface area contributed by atoms with E-state index in [1.165, 1.54) is 17.5 Å². The van der Waals surface area contributed by atoms with Crippen LogP contribution in [0.1, 0.15) is 42.5 Å². The molecule has 0 spiro atoms. The van der Waals surface area contributed by atoms with E-state index in [-0.39, 0.29) is 18.1 Å². The number of hydrogen-bond acceptors (Lipinski definition) is 8. The molecule has 0 saturated carbocycles. The van der Waals surface area contributed by atoms with Crippen LogP contribution in [-0.2, 0) is 14.9 Å². The number of likely N-dealkylation sites (N-methyl/N-ethyl adjacent to an activating group) is 1. The lowest BCUT2D eigenvalue weighted by Gasteiger charge is -2.16. The molecular weight excluding hydrogens is 414 g/mol. The summed E-state index contributed by atoms with van der Waals surface area (Å²) in [6.07, 6.45) is 1.45. The number of rotatable bonds is 5. The van der Waals surface area contributed by atoms with Crippen LogP contribution in [0.3, 0.4) is 0 Å². The highest BCUT2D eigenvalue weighted by Crippen LogP contribution is 2.42. The Hall–Kier alpha value is -3.33. The van der Waals surface area contributed by atoms with Gasteiger partial charge in [0, 0.05) is 29.9 Å². The maximum absolute atomic E-state index is 12.6. The predicted octanol–water partition coefficient (Wildman–Crippen LogP) is 4.08. The second kappa shape index (κ2) is 7.73. The number of fused-ring (bicyclic) bond motifs is 1. The van der Waals surface area contributed by atoms with E-state index in [1.54, 1.807) is 25.8 Å². The third kappa shape index (κ3) is 3.65. The highest BCUT2D eigenvalue weighted by molar-refractivity contribution is 7.14. The van der Waals surface area contributed by atoms with Crippen molar-refractivity contribution in [1.82, 2.24) is 15.0 Å². The van der Waals surface area contributed by atoms with E-state index in [1.807, 2.05) is 37.4 Å². The summed E-state index contributed by atoms with van der Waals surface area (Å²) in [4.78, 5) is 39.6. The quantitative estimate of drug-likeness (QED) is 0.601. The summed E-state index contributed by atoms with van der Waals surface area (Å²) < 4.78 is 5.09. The monoisotopic (exact) mass is 437 g/mol. The van der Waals surface area contributed by atoms with Gasteiger partial charge in [-0.05, 0) is 45.4 Å². The van der Waals surface area contributed by atoms with Gasteiger partial charge in [0.05, 0.1) is 17.7 Å². The number of carbonyl (C=O) groups is 2. The number of hydrogen-bond donors (Lipinski definition) is 1. The van der Waals surface area contributed by atoms with Gasteiger partial charge in [0.15, 0.2) is 10.9 Å². The number of anilines is 3. The Balaban J connectivity index is 1.64. The maximum Gasteiger partial charge on any atom is 0.343 e. The number of benzene rings is 1. The molecule has 8 nitrogen and oxygen atoms in total. The first-order chi connectivity index (χ1) is 14.7. The number of nitrogens with one attached hydrogen (secondary N) is 1. The number of carbonyl (C=O) groups excluding carboxylic acids is 2. The molecule has 0 saturated heterocycles. The van der Waals surface area contributed by atoms with Crippen LogP contribution in [0.25, 0.3) is 11.3 Å². The van der Waals surface area contributed by atoms with Gasteiger partial charge in [0.25, 0.3) is 0 Å². The zero-order valence-electron chi connectivity index (χ0n) is 18.0. The highest BCUT2D eigenvalue weighted by atomic mass is 32.1. The van der Waals surface area contributed by atoms with Crippen LogP contribution in [0.4, 0.5) is 16.6 Å². The molecule has 9 heteroatoms. The third-order valence-corrected chi connectivity index (χ3v) is 6.06. The van der Waals surface area contributed by atoms with Gasteiger partial charge < -0.3 is 15.0 Å². The minimum absolute atomic E-state index is 0.0749. The van der Waals surface area contributed by atoms with E-state index in [0.717, 1.165) is 22.5 Å². The zero-order valence-corrected chi connectivity index (χ0v) is 18.8. The lowest BCUT2D eigenvalue weighted by Crippen LogP contribution is -2.33. The Kier molecular flexibility index (Phi) is 5.22. The van der Waals surface area contributed by atoms with Gasteiger partial charge in [-0.2, -0.15) is 0 Å². The van der Waals surface area contributed by atoms with Crippen molar-refractivity contribution < 1.29 is 14.3 Å². The van der Waals surface area contributed by atoms with Gasteiger partial charge in [-0.3, -0.25) is 4.79 Å². The van der Waals surface area contributed by atoms with Crippen LogP contribution in [0.5, 0.6) is 0 Å². The molecule has 31 heavy (non-hydrogen) atoms. The van der Waals surface area contributed by atoms with Crippen molar-refractivity contribution in [3.05, 3.63) is 46.7 Å². The van der Waals surface area contributed by atoms with E-state index < -0.39 is 11.4 Å². The van der Waals surface area contributed by atoms with Gasteiger partial charge in [-0.25, -0.2) is 19.7 Å². The number of aryl methyl sites for hydroxylation is 1. The smallest absolute Gasteiger partial charge is 0.343 e. The van der Waals surface area contributed by atoms with E-state index in [9.17, 15) is 9.59 Å². The summed E-state index contributed by atoms with van der Waals surface area (Å²) in [5.41, 5.74) is 3.27. The number of esters is 1. The van der Waals surface area contributed by atoms with Gasteiger partial charge in [-0.1, -0.05) is 6.07 Å². The molecule has 1 amide bonds. The molecule has 3 aromatic rings. The summed E-state index contributed by atoms with van der Waals surface area (Å²) in [5, 5.41) is 5.63. The van der Waals surface area contributed by atoms with E-state index >= 15 is 0 Å². The Labute approximate surface area is 184 Å². The molecule has 1 aliphatic heterocycles. The number of nitrogens with zero attached hydrogens (tertiary/aromatic N) is 4. The molecule has 1 N–H and O–H groups in total. The molecule has 0 fully saturated rings. The lowest BCUT2D eigenvalue weighted by molar-refractivity contribution is -0.121. The summed E-state index contributed by atoms with van der Waals surface area (Å²) in [6.45, 7) is 7.63. The molecule has 4 rings (SSSR count). The first kappa shape index (κ1) is 20.9. The fourth-order valence-corrected chi connectivity index (χ4v) is 4.34.